The largest absolute Gasteiger partial charge is 0.311 e. The van der Waals surface area contributed by atoms with E-state index in [1.54, 1.807) is 6.07 Å². The Labute approximate surface area is 124 Å². The van der Waals surface area contributed by atoms with Crippen LogP contribution in [0.15, 0.2) is 24.3 Å². The maximum Gasteiger partial charge on any atom is 0.123 e. The first-order chi connectivity index (χ1) is 9.33. The summed E-state index contributed by atoms with van der Waals surface area (Å²) in [5, 5.41) is 3.63. The van der Waals surface area contributed by atoms with Gasteiger partial charge >= 0.3 is 0 Å². The summed E-state index contributed by atoms with van der Waals surface area (Å²) in [5.74, 6) is -0.130. The van der Waals surface area contributed by atoms with Crippen LogP contribution in [0.1, 0.15) is 65.9 Å². The summed E-state index contributed by atoms with van der Waals surface area (Å²) in [4.78, 5) is 0. The highest BCUT2D eigenvalue weighted by Gasteiger charge is 2.31. The zero-order chi connectivity index (χ0) is 15.2. The topological polar surface area (TPSA) is 12.0 Å². The normalized spacial score (nSPS) is 12.7. The van der Waals surface area contributed by atoms with E-state index in [1.165, 1.54) is 6.07 Å². The van der Waals surface area contributed by atoms with Gasteiger partial charge in [-0.1, -0.05) is 38.8 Å². The van der Waals surface area contributed by atoms with Crippen molar-refractivity contribution in [1.29, 1.82) is 0 Å². The van der Waals surface area contributed by atoms with Gasteiger partial charge in [-0.15, -0.1) is 0 Å². The highest BCUT2D eigenvalue weighted by Crippen LogP contribution is 2.34. The molecule has 0 spiro atoms. The number of hydrogen-bond acceptors (Lipinski definition) is 1. The van der Waals surface area contributed by atoms with Crippen LogP contribution >= 0.6 is 0 Å². The fourth-order valence-corrected chi connectivity index (χ4v) is 2.90. The highest BCUT2D eigenvalue weighted by atomic mass is 19.1. The van der Waals surface area contributed by atoms with Gasteiger partial charge in [0.2, 0.25) is 0 Å². The molecule has 0 aromatic heterocycles. The Morgan fingerprint density at radius 1 is 1.05 bits per heavy atom. The molecule has 0 fully saturated rings. The Bertz CT molecular complexity index is 400. The van der Waals surface area contributed by atoms with Gasteiger partial charge in [0.15, 0.2) is 0 Å². The van der Waals surface area contributed by atoms with Gasteiger partial charge in [-0.25, -0.2) is 4.39 Å². The van der Waals surface area contributed by atoms with E-state index in [0.717, 1.165) is 37.8 Å². The van der Waals surface area contributed by atoms with Gasteiger partial charge < -0.3 is 5.32 Å². The van der Waals surface area contributed by atoms with Crippen molar-refractivity contribution in [2.75, 3.05) is 6.54 Å². The monoisotopic (exact) mass is 279 g/mol. The fraction of sp³-hybridized carbons (Fsp3) is 0.667. The Morgan fingerprint density at radius 2 is 1.65 bits per heavy atom. The molecule has 1 rings (SSSR count). The predicted octanol–water partition coefficient (Wildman–Crippen LogP) is 5.05. The molecule has 1 N–H and O–H groups in total. The average molecular weight is 279 g/mol. The molecule has 20 heavy (non-hydrogen) atoms. The minimum atomic E-state index is -0.130. The minimum absolute atomic E-state index is 0.0406. The smallest absolute Gasteiger partial charge is 0.123 e. The fourth-order valence-electron chi connectivity index (χ4n) is 2.90. The molecule has 1 aromatic carbocycles. The van der Waals surface area contributed by atoms with E-state index in [9.17, 15) is 4.39 Å². The summed E-state index contributed by atoms with van der Waals surface area (Å²) in [6.07, 6.45) is 4.41. The predicted molar refractivity (Wildman–Crippen MR) is 85.6 cm³/mol. The highest BCUT2D eigenvalue weighted by molar-refractivity contribution is 5.27. The van der Waals surface area contributed by atoms with Gasteiger partial charge in [0, 0.05) is 17.5 Å². The lowest BCUT2D eigenvalue weighted by Crippen LogP contribution is -2.46. The van der Waals surface area contributed by atoms with Gasteiger partial charge in [0.25, 0.3) is 0 Å². The van der Waals surface area contributed by atoms with E-state index in [-0.39, 0.29) is 16.8 Å². The standard InChI is InChI=1S/C18H30FN/c1-6-11-18(12-7-2,14-20-17(3,4)5)15-9-8-10-16(19)13-15/h8-10,13,20H,6-7,11-12,14H2,1-5H3. The van der Waals surface area contributed by atoms with Crippen LogP contribution in [0.4, 0.5) is 4.39 Å². The molecule has 2 heteroatoms. The van der Waals surface area contributed by atoms with Crippen molar-refractivity contribution in [2.24, 2.45) is 0 Å². The molecule has 0 amide bonds. The van der Waals surface area contributed by atoms with Crippen LogP contribution in [0.2, 0.25) is 0 Å². The summed E-state index contributed by atoms with van der Waals surface area (Å²) in [6.45, 7) is 11.9. The first-order valence-electron chi connectivity index (χ1n) is 7.84. The SMILES string of the molecule is CCCC(CCC)(CNC(C)(C)C)c1cccc(F)c1. The zero-order valence-corrected chi connectivity index (χ0v) is 13.7. The summed E-state index contributed by atoms with van der Waals surface area (Å²) in [6, 6.07) is 7.17. The lowest BCUT2D eigenvalue weighted by molar-refractivity contribution is 0.291. The van der Waals surface area contributed by atoms with Gasteiger partial charge in [0.05, 0.1) is 0 Å². The molecule has 1 aromatic rings. The van der Waals surface area contributed by atoms with E-state index in [2.05, 4.69) is 46.0 Å². The third kappa shape index (κ3) is 4.90. The lowest BCUT2D eigenvalue weighted by Gasteiger charge is -2.37. The molecule has 114 valence electrons. The van der Waals surface area contributed by atoms with Crippen molar-refractivity contribution in [3.63, 3.8) is 0 Å². The van der Waals surface area contributed by atoms with Crippen LogP contribution in [0.5, 0.6) is 0 Å². The average Bonchev–Trinajstić information content (AvgIpc) is 2.35. The summed E-state index contributed by atoms with van der Waals surface area (Å²) < 4.78 is 13.6. The molecular formula is C18H30FN. The molecule has 1 nitrogen and oxygen atoms in total. The second-order valence-electron chi connectivity index (χ2n) is 6.89. The Kier molecular flexibility index (Phi) is 6.19. The Hall–Kier alpha value is -0.890. The van der Waals surface area contributed by atoms with Crippen LogP contribution in [-0.4, -0.2) is 12.1 Å². The minimum Gasteiger partial charge on any atom is -0.311 e. The molecule has 0 heterocycles. The number of rotatable bonds is 7. The van der Waals surface area contributed by atoms with Crippen LogP contribution in [0.3, 0.4) is 0 Å². The van der Waals surface area contributed by atoms with E-state index in [4.69, 9.17) is 0 Å². The quantitative estimate of drug-likeness (QED) is 0.736. The van der Waals surface area contributed by atoms with Crippen molar-refractivity contribution in [3.05, 3.63) is 35.6 Å². The third-order valence-corrected chi connectivity index (χ3v) is 3.85. The van der Waals surface area contributed by atoms with Crippen molar-refractivity contribution in [3.8, 4) is 0 Å². The molecule has 0 aliphatic heterocycles. The molecule has 0 bridgehead atoms. The van der Waals surface area contributed by atoms with Crippen molar-refractivity contribution in [2.45, 2.75) is 71.3 Å². The molecule has 0 radical (unpaired) electrons. The van der Waals surface area contributed by atoms with E-state index >= 15 is 0 Å². The molecule has 0 aliphatic carbocycles. The Balaban J connectivity index is 3.09. The van der Waals surface area contributed by atoms with Crippen molar-refractivity contribution in [1.82, 2.24) is 5.32 Å². The van der Waals surface area contributed by atoms with Gasteiger partial charge in [-0.05, 0) is 51.3 Å². The summed E-state index contributed by atoms with van der Waals surface area (Å²) in [5.41, 5.74) is 1.26. The van der Waals surface area contributed by atoms with E-state index in [0.29, 0.717) is 0 Å². The maximum atomic E-state index is 13.6. The van der Waals surface area contributed by atoms with Crippen LogP contribution in [0, 0.1) is 5.82 Å². The molecular weight excluding hydrogens is 249 g/mol. The van der Waals surface area contributed by atoms with Crippen molar-refractivity contribution < 1.29 is 4.39 Å². The maximum absolute atomic E-state index is 13.6. The molecule has 0 atom stereocenters. The third-order valence-electron chi connectivity index (χ3n) is 3.85. The molecule has 0 saturated heterocycles. The van der Waals surface area contributed by atoms with Crippen molar-refractivity contribution >= 4 is 0 Å². The second kappa shape index (κ2) is 7.21. The van der Waals surface area contributed by atoms with Crippen LogP contribution < -0.4 is 5.32 Å². The van der Waals surface area contributed by atoms with Gasteiger partial charge in [0.1, 0.15) is 5.82 Å². The lowest BCUT2D eigenvalue weighted by atomic mass is 9.73. The number of benzene rings is 1. The number of halogens is 1. The number of hydrogen-bond donors (Lipinski definition) is 1. The zero-order valence-electron chi connectivity index (χ0n) is 13.7. The van der Waals surface area contributed by atoms with Gasteiger partial charge in [-0.2, -0.15) is 0 Å². The molecule has 0 unspecified atom stereocenters. The summed E-state index contributed by atoms with van der Waals surface area (Å²) in [7, 11) is 0. The second-order valence-corrected chi connectivity index (χ2v) is 6.89. The molecule has 0 saturated carbocycles. The van der Waals surface area contributed by atoms with Crippen LogP contribution in [0.25, 0.3) is 0 Å². The van der Waals surface area contributed by atoms with E-state index < -0.39 is 0 Å². The van der Waals surface area contributed by atoms with Crippen LogP contribution in [-0.2, 0) is 5.41 Å². The van der Waals surface area contributed by atoms with Gasteiger partial charge in [-0.3, -0.25) is 0 Å². The number of nitrogens with one attached hydrogen (secondary N) is 1. The first-order valence-corrected chi connectivity index (χ1v) is 7.84. The van der Waals surface area contributed by atoms with E-state index in [1.807, 2.05) is 6.07 Å². The summed E-state index contributed by atoms with van der Waals surface area (Å²) >= 11 is 0. The Morgan fingerprint density at radius 3 is 2.10 bits per heavy atom. The first kappa shape index (κ1) is 17.2. The molecule has 0 aliphatic rings.